The Hall–Kier alpha value is -1.83. The summed E-state index contributed by atoms with van der Waals surface area (Å²) >= 11 is 0. The van der Waals surface area contributed by atoms with Gasteiger partial charge in [-0.15, -0.1) is 0 Å². The van der Waals surface area contributed by atoms with Crippen LogP contribution < -0.4 is 5.32 Å². The van der Waals surface area contributed by atoms with E-state index < -0.39 is 24.6 Å². The number of nitrogens with one attached hydrogen (secondary N) is 1. The standard InChI is InChI=1S/C11H19N3O5/c1-8-10(17)12-3-4-14(8)11(18)13(5-6-19-2)7-9(15)16/h8H,3-7H2,1-2H3,(H,12,17)(H,15,16). The Labute approximate surface area is 111 Å². The van der Waals surface area contributed by atoms with Crippen molar-refractivity contribution in [2.75, 3.05) is 39.9 Å². The van der Waals surface area contributed by atoms with Gasteiger partial charge in [-0.2, -0.15) is 0 Å². The van der Waals surface area contributed by atoms with Gasteiger partial charge in [0.15, 0.2) is 0 Å². The molecule has 1 aliphatic rings. The Bertz CT molecular complexity index is 360. The van der Waals surface area contributed by atoms with E-state index >= 15 is 0 Å². The van der Waals surface area contributed by atoms with Crippen LogP contribution in [0.5, 0.6) is 0 Å². The number of nitrogens with zero attached hydrogens (tertiary/aromatic N) is 2. The number of carbonyl (C=O) groups excluding carboxylic acids is 2. The Morgan fingerprint density at radius 1 is 1.58 bits per heavy atom. The first-order valence-corrected chi connectivity index (χ1v) is 6.01. The van der Waals surface area contributed by atoms with Crippen molar-refractivity contribution in [3.63, 3.8) is 0 Å². The largest absolute Gasteiger partial charge is 0.480 e. The van der Waals surface area contributed by atoms with E-state index in [-0.39, 0.29) is 19.1 Å². The maximum absolute atomic E-state index is 12.2. The molecule has 2 N–H and O–H groups in total. The molecule has 0 spiro atoms. The van der Waals surface area contributed by atoms with Gasteiger partial charge in [0.1, 0.15) is 12.6 Å². The summed E-state index contributed by atoms with van der Waals surface area (Å²) in [6.07, 6.45) is 0. The van der Waals surface area contributed by atoms with Gasteiger partial charge in [-0.1, -0.05) is 0 Å². The second-order valence-electron chi connectivity index (χ2n) is 4.25. The zero-order valence-electron chi connectivity index (χ0n) is 11.1. The van der Waals surface area contributed by atoms with Gasteiger partial charge in [0.25, 0.3) is 0 Å². The molecule has 1 aliphatic heterocycles. The number of piperazine rings is 1. The number of amides is 3. The molecule has 1 heterocycles. The highest BCUT2D eigenvalue weighted by Gasteiger charge is 2.32. The molecule has 0 aromatic heterocycles. The molecule has 3 amide bonds. The topological polar surface area (TPSA) is 99.2 Å². The summed E-state index contributed by atoms with van der Waals surface area (Å²) in [6.45, 7) is 2.36. The van der Waals surface area contributed by atoms with Gasteiger partial charge in [0.05, 0.1) is 6.61 Å². The van der Waals surface area contributed by atoms with Crippen LogP contribution in [-0.2, 0) is 14.3 Å². The number of ether oxygens (including phenoxy) is 1. The number of methoxy groups -OCH3 is 1. The Morgan fingerprint density at radius 3 is 2.84 bits per heavy atom. The normalized spacial score (nSPS) is 18.9. The van der Waals surface area contributed by atoms with Crippen LogP contribution in [0.3, 0.4) is 0 Å². The monoisotopic (exact) mass is 273 g/mol. The van der Waals surface area contributed by atoms with E-state index in [1.165, 1.54) is 16.9 Å². The van der Waals surface area contributed by atoms with E-state index in [1.54, 1.807) is 6.92 Å². The molecule has 1 unspecified atom stereocenters. The lowest BCUT2D eigenvalue weighted by molar-refractivity contribution is -0.137. The van der Waals surface area contributed by atoms with Crippen molar-refractivity contribution in [1.29, 1.82) is 0 Å². The lowest BCUT2D eigenvalue weighted by Crippen LogP contribution is -2.59. The van der Waals surface area contributed by atoms with Gasteiger partial charge < -0.3 is 25.0 Å². The summed E-state index contributed by atoms with van der Waals surface area (Å²) in [5, 5.41) is 11.5. The van der Waals surface area contributed by atoms with Crippen LogP contribution in [0.2, 0.25) is 0 Å². The van der Waals surface area contributed by atoms with Crippen LogP contribution >= 0.6 is 0 Å². The van der Waals surface area contributed by atoms with E-state index in [1.807, 2.05) is 0 Å². The van der Waals surface area contributed by atoms with E-state index in [2.05, 4.69) is 5.32 Å². The average Bonchev–Trinajstić information content (AvgIpc) is 2.36. The van der Waals surface area contributed by atoms with Crippen LogP contribution in [0, 0.1) is 0 Å². The first-order valence-electron chi connectivity index (χ1n) is 6.01. The van der Waals surface area contributed by atoms with Gasteiger partial charge in [0, 0.05) is 26.7 Å². The molecule has 0 saturated carbocycles. The van der Waals surface area contributed by atoms with E-state index in [0.29, 0.717) is 13.1 Å². The van der Waals surface area contributed by atoms with E-state index in [4.69, 9.17) is 9.84 Å². The summed E-state index contributed by atoms with van der Waals surface area (Å²) in [6, 6.07) is -1.05. The quantitative estimate of drug-likeness (QED) is 0.666. The predicted molar refractivity (Wildman–Crippen MR) is 65.7 cm³/mol. The van der Waals surface area contributed by atoms with Crippen molar-refractivity contribution in [3.05, 3.63) is 0 Å². The fourth-order valence-corrected chi connectivity index (χ4v) is 1.83. The first kappa shape index (κ1) is 15.2. The molecule has 1 fully saturated rings. The molecule has 1 rings (SSSR count). The molecule has 1 saturated heterocycles. The smallest absolute Gasteiger partial charge is 0.323 e. The number of carboxylic acids is 1. The fraction of sp³-hybridized carbons (Fsp3) is 0.727. The molecule has 0 aromatic carbocycles. The second-order valence-corrected chi connectivity index (χ2v) is 4.25. The molecule has 19 heavy (non-hydrogen) atoms. The van der Waals surface area contributed by atoms with E-state index in [9.17, 15) is 14.4 Å². The van der Waals surface area contributed by atoms with Gasteiger partial charge in [-0.3, -0.25) is 9.59 Å². The number of hydrogen-bond donors (Lipinski definition) is 2. The third kappa shape index (κ3) is 4.09. The van der Waals surface area contributed by atoms with Crippen LogP contribution in [-0.4, -0.2) is 78.8 Å². The van der Waals surface area contributed by atoms with Crippen molar-refractivity contribution >= 4 is 17.9 Å². The average molecular weight is 273 g/mol. The highest BCUT2D eigenvalue weighted by atomic mass is 16.5. The Balaban J connectivity index is 2.73. The van der Waals surface area contributed by atoms with Crippen molar-refractivity contribution in [1.82, 2.24) is 15.1 Å². The van der Waals surface area contributed by atoms with Gasteiger partial charge >= 0.3 is 12.0 Å². The number of carbonyl (C=O) groups is 3. The second kappa shape index (κ2) is 6.93. The molecule has 0 aromatic rings. The summed E-state index contributed by atoms with van der Waals surface area (Å²) in [4.78, 5) is 37.1. The lowest BCUT2D eigenvalue weighted by atomic mass is 10.2. The van der Waals surface area contributed by atoms with Crippen molar-refractivity contribution < 1.29 is 24.2 Å². The van der Waals surface area contributed by atoms with Crippen LogP contribution in [0.4, 0.5) is 4.79 Å². The molecular weight excluding hydrogens is 254 g/mol. The van der Waals surface area contributed by atoms with Crippen LogP contribution in [0.15, 0.2) is 0 Å². The lowest BCUT2D eigenvalue weighted by Gasteiger charge is -2.36. The molecule has 0 bridgehead atoms. The van der Waals surface area contributed by atoms with Crippen molar-refractivity contribution in [3.8, 4) is 0 Å². The molecular formula is C11H19N3O5. The summed E-state index contributed by atoms with van der Waals surface area (Å²) in [7, 11) is 1.47. The van der Waals surface area contributed by atoms with Crippen LogP contribution in [0.1, 0.15) is 6.92 Å². The van der Waals surface area contributed by atoms with Crippen molar-refractivity contribution in [2.45, 2.75) is 13.0 Å². The number of hydrogen-bond acceptors (Lipinski definition) is 4. The molecule has 8 nitrogen and oxygen atoms in total. The minimum atomic E-state index is -1.10. The molecule has 0 radical (unpaired) electrons. The van der Waals surface area contributed by atoms with Crippen LogP contribution in [0.25, 0.3) is 0 Å². The zero-order chi connectivity index (χ0) is 14.4. The van der Waals surface area contributed by atoms with Gasteiger partial charge in [0.2, 0.25) is 5.91 Å². The Morgan fingerprint density at radius 2 is 2.26 bits per heavy atom. The third-order valence-corrected chi connectivity index (χ3v) is 2.91. The fourth-order valence-electron chi connectivity index (χ4n) is 1.83. The minimum Gasteiger partial charge on any atom is -0.480 e. The molecule has 8 heteroatoms. The molecule has 1 atom stereocenters. The minimum absolute atomic E-state index is 0.173. The third-order valence-electron chi connectivity index (χ3n) is 2.91. The number of carboxylic acid groups (broad SMARTS) is 1. The SMILES string of the molecule is COCCN(CC(=O)O)C(=O)N1CCNC(=O)C1C. The number of rotatable bonds is 5. The van der Waals surface area contributed by atoms with Crippen molar-refractivity contribution in [2.24, 2.45) is 0 Å². The Kier molecular flexibility index (Phi) is 5.56. The number of urea groups is 1. The van der Waals surface area contributed by atoms with Gasteiger partial charge in [-0.05, 0) is 6.92 Å². The molecule has 108 valence electrons. The predicted octanol–water partition coefficient (Wildman–Crippen LogP) is -1.04. The molecule has 0 aliphatic carbocycles. The summed E-state index contributed by atoms with van der Waals surface area (Å²) < 4.78 is 4.85. The highest BCUT2D eigenvalue weighted by molar-refractivity contribution is 5.88. The number of aliphatic carboxylic acids is 1. The summed E-state index contributed by atoms with van der Waals surface area (Å²) in [5.74, 6) is -1.33. The van der Waals surface area contributed by atoms with Gasteiger partial charge in [-0.25, -0.2) is 4.79 Å². The van der Waals surface area contributed by atoms with E-state index in [0.717, 1.165) is 0 Å². The zero-order valence-corrected chi connectivity index (χ0v) is 11.1. The maximum Gasteiger partial charge on any atom is 0.323 e. The highest BCUT2D eigenvalue weighted by Crippen LogP contribution is 2.08. The first-order chi connectivity index (χ1) is 8.97. The maximum atomic E-state index is 12.2. The summed E-state index contributed by atoms with van der Waals surface area (Å²) in [5.41, 5.74) is 0.